The van der Waals surface area contributed by atoms with E-state index in [9.17, 15) is 13.6 Å². The van der Waals surface area contributed by atoms with Crippen molar-refractivity contribution in [1.82, 2.24) is 0 Å². The molecule has 1 aromatic rings. The van der Waals surface area contributed by atoms with E-state index in [0.717, 1.165) is 25.3 Å². The smallest absolute Gasteiger partial charge is 0.308 e. The first-order valence-electron chi connectivity index (χ1n) is 6.22. The van der Waals surface area contributed by atoms with Gasteiger partial charge in [0.1, 0.15) is 0 Å². The molecule has 0 aromatic heterocycles. The summed E-state index contributed by atoms with van der Waals surface area (Å²) in [6, 6.07) is 3.79. The third-order valence-corrected chi connectivity index (χ3v) is 3.05. The molecular weight excluding hydrogens is 266 g/mol. The maximum absolute atomic E-state index is 12.5. The van der Waals surface area contributed by atoms with Gasteiger partial charge in [-0.2, -0.15) is 4.39 Å². The van der Waals surface area contributed by atoms with Crippen molar-refractivity contribution in [3.63, 3.8) is 0 Å². The molecule has 20 heavy (non-hydrogen) atoms. The Labute approximate surface area is 117 Å². The Morgan fingerprint density at radius 1 is 1.35 bits per heavy atom. The van der Waals surface area contributed by atoms with Gasteiger partial charge >= 0.3 is 5.97 Å². The van der Waals surface area contributed by atoms with E-state index in [1.165, 1.54) is 31.9 Å². The molecule has 0 amide bonds. The minimum atomic E-state index is -0.940. The second-order valence-corrected chi connectivity index (χ2v) is 4.47. The number of hydrogen-bond acceptors (Lipinski definition) is 3. The predicted molar refractivity (Wildman–Crippen MR) is 71.4 cm³/mol. The van der Waals surface area contributed by atoms with Crippen LogP contribution in [-0.2, 0) is 9.53 Å². The Morgan fingerprint density at radius 3 is 2.50 bits per heavy atom. The number of hydrogen-bond donors (Lipinski definition) is 0. The summed E-state index contributed by atoms with van der Waals surface area (Å²) >= 11 is 0. The lowest BCUT2D eigenvalue weighted by molar-refractivity contribution is -0.145. The van der Waals surface area contributed by atoms with Gasteiger partial charge in [0, 0.05) is 0 Å². The van der Waals surface area contributed by atoms with Gasteiger partial charge in [-0.25, -0.2) is 4.39 Å². The number of allylic oxidation sites excluding steroid dienone is 1. The van der Waals surface area contributed by atoms with Crippen molar-refractivity contribution in [3.8, 4) is 5.75 Å². The van der Waals surface area contributed by atoms with Crippen LogP contribution in [0.15, 0.2) is 30.4 Å². The molecule has 0 bridgehead atoms. The van der Waals surface area contributed by atoms with Crippen LogP contribution in [0, 0.1) is 17.6 Å². The first-order chi connectivity index (χ1) is 9.49. The Hall–Kier alpha value is -1.91. The molecule has 1 unspecified atom stereocenters. The predicted octanol–water partition coefficient (Wildman–Crippen LogP) is 3.49. The Bertz CT molecular complexity index is 486. The second-order valence-electron chi connectivity index (χ2n) is 4.47. The fourth-order valence-electron chi connectivity index (χ4n) is 1.94. The van der Waals surface area contributed by atoms with Gasteiger partial charge in [0.2, 0.25) is 5.82 Å². The van der Waals surface area contributed by atoms with E-state index in [-0.39, 0.29) is 17.6 Å². The third-order valence-electron chi connectivity index (χ3n) is 3.05. The van der Waals surface area contributed by atoms with E-state index in [1.807, 2.05) is 0 Å². The van der Waals surface area contributed by atoms with Crippen LogP contribution in [-0.4, -0.2) is 20.2 Å². The summed E-state index contributed by atoms with van der Waals surface area (Å²) < 4.78 is 33.9. The summed E-state index contributed by atoms with van der Waals surface area (Å²) in [7, 11) is 2.72. The van der Waals surface area contributed by atoms with Crippen LogP contribution in [0.1, 0.15) is 19.3 Å². The molecule has 110 valence electrons. The van der Waals surface area contributed by atoms with Crippen LogP contribution in [0.25, 0.3) is 0 Å². The van der Waals surface area contributed by atoms with Crippen molar-refractivity contribution in [3.05, 3.63) is 42.0 Å². The molecule has 1 aliphatic rings. The molecule has 0 N–H and O–H groups in total. The van der Waals surface area contributed by atoms with Gasteiger partial charge in [-0.3, -0.25) is 4.79 Å². The fourth-order valence-corrected chi connectivity index (χ4v) is 1.94. The van der Waals surface area contributed by atoms with E-state index in [2.05, 4.69) is 16.1 Å². The van der Waals surface area contributed by atoms with Crippen molar-refractivity contribution >= 4 is 5.97 Å². The lowest BCUT2D eigenvalue weighted by Crippen LogP contribution is -2.11. The topological polar surface area (TPSA) is 35.5 Å². The number of rotatable bonds is 2. The number of ether oxygens (including phenoxy) is 2. The normalized spacial score (nSPS) is 17.2. The van der Waals surface area contributed by atoms with Crippen molar-refractivity contribution in [2.45, 2.75) is 19.3 Å². The zero-order chi connectivity index (χ0) is 15.1. The van der Waals surface area contributed by atoms with Gasteiger partial charge in [-0.1, -0.05) is 18.2 Å². The maximum atomic E-state index is 12.5. The molecule has 0 heterocycles. The highest BCUT2D eigenvalue weighted by molar-refractivity contribution is 5.73. The number of carbonyl (C=O) groups is 1. The summed E-state index contributed by atoms with van der Waals surface area (Å²) in [5.74, 6) is -1.89. The summed E-state index contributed by atoms with van der Waals surface area (Å²) in [5, 5.41) is 0. The molecule has 5 heteroatoms. The van der Waals surface area contributed by atoms with Gasteiger partial charge in [0.25, 0.3) is 0 Å². The lowest BCUT2D eigenvalue weighted by Gasteiger charge is -2.03. The van der Waals surface area contributed by atoms with Crippen LogP contribution in [0.3, 0.4) is 0 Å². The maximum Gasteiger partial charge on any atom is 0.308 e. The van der Waals surface area contributed by atoms with E-state index in [1.54, 1.807) is 0 Å². The first-order valence-corrected chi connectivity index (χ1v) is 6.22. The van der Waals surface area contributed by atoms with Gasteiger partial charge in [0.15, 0.2) is 11.6 Å². The molecule has 0 saturated heterocycles. The van der Waals surface area contributed by atoms with Crippen molar-refractivity contribution in [1.29, 1.82) is 0 Å². The highest BCUT2D eigenvalue weighted by Crippen LogP contribution is 2.29. The minimum Gasteiger partial charge on any atom is -0.494 e. The van der Waals surface area contributed by atoms with Gasteiger partial charge in [0.05, 0.1) is 20.1 Å². The molecular formula is C15H18F2O3. The van der Waals surface area contributed by atoms with E-state index >= 15 is 0 Å². The van der Waals surface area contributed by atoms with Crippen LogP contribution in [0.4, 0.5) is 8.78 Å². The molecule has 3 nitrogen and oxygen atoms in total. The standard InChI is InChI=1S/C8H12O2.C7H6F2O/c1-6-3-4-7(5-6)8(9)10-2;1-10-6-4-2-3-5(8)7(6)9/h7H,1,3-5H2,2H3;2-4H,1H3. The number of carbonyl (C=O) groups excluding carboxylic acids is 1. The molecule has 1 fully saturated rings. The molecule has 0 radical (unpaired) electrons. The number of methoxy groups -OCH3 is 2. The largest absolute Gasteiger partial charge is 0.494 e. The minimum absolute atomic E-state index is 0.0694. The van der Waals surface area contributed by atoms with Crippen molar-refractivity contribution < 1.29 is 23.0 Å². The van der Waals surface area contributed by atoms with Crippen LogP contribution in [0.5, 0.6) is 5.75 Å². The first kappa shape index (κ1) is 16.1. The number of halogens is 2. The molecule has 1 atom stereocenters. The van der Waals surface area contributed by atoms with Crippen LogP contribution in [0.2, 0.25) is 0 Å². The quantitative estimate of drug-likeness (QED) is 0.616. The average molecular weight is 284 g/mol. The zero-order valence-corrected chi connectivity index (χ0v) is 11.6. The van der Waals surface area contributed by atoms with E-state index in [4.69, 9.17) is 0 Å². The highest BCUT2D eigenvalue weighted by Gasteiger charge is 2.25. The molecule has 2 rings (SSSR count). The SMILES string of the molecule is C=C1CCC(C(=O)OC)C1.COc1cccc(F)c1F. The monoisotopic (exact) mass is 284 g/mol. The lowest BCUT2D eigenvalue weighted by atomic mass is 10.1. The molecule has 0 spiro atoms. The zero-order valence-electron chi connectivity index (χ0n) is 11.6. The number of benzene rings is 1. The molecule has 0 aliphatic heterocycles. The Morgan fingerprint density at radius 2 is 2.05 bits per heavy atom. The van der Waals surface area contributed by atoms with Crippen molar-refractivity contribution in [2.75, 3.05) is 14.2 Å². The van der Waals surface area contributed by atoms with Crippen LogP contribution < -0.4 is 4.74 Å². The van der Waals surface area contributed by atoms with Gasteiger partial charge in [-0.15, -0.1) is 0 Å². The number of esters is 1. The Kier molecular flexibility index (Phi) is 6.15. The highest BCUT2D eigenvalue weighted by atomic mass is 19.2. The average Bonchev–Trinajstić information content (AvgIpc) is 2.88. The summed E-state index contributed by atoms with van der Waals surface area (Å²) in [6.45, 7) is 3.81. The van der Waals surface area contributed by atoms with E-state index in [0.29, 0.717) is 0 Å². The molecule has 1 aliphatic carbocycles. The van der Waals surface area contributed by atoms with Crippen molar-refractivity contribution in [2.24, 2.45) is 5.92 Å². The Balaban J connectivity index is 0.000000200. The summed E-state index contributed by atoms with van der Waals surface area (Å²) in [6.07, 6.45) is 2.73. The van der Waals surface area contributed by atoms with Gasteiger partial charge in [-0.05, 0) is 31.4 Å². The molecule has 1 saturated carbocycles. The fraction of sp³-hybridized carbons (Fsp3) is 0.400. The second kappa shape index (κ2) is 7.62. The summed E-state index contributed by atoms with van der Waals surface area (Å²) in [4.78, 5) is 10.9. The third kappa shape index (κ3) is 4.33. The van der Waals surface area contributed by atoms with E-state index < -0.39 is 11.6 Å². The summed E-state index contributed by atoms with van der Waals surface area (Å²) in [5.41, 5.74) is 1.18. The molecule has 1 aromatic carbocycles. The van der Waals surface area contributed by atoms with Gasteiger partial charge < -0.3 is 9.47 Å². The van der Waals surface area contributed by atoms with Crippen LogP contribution >= 0.6 is 0 Å².